The van der Waals surface area contributed by atoms with Crippen LogP contribution >= 0.6 is 22.7 Å². The van der Waals surface area contributed by atoms with Crippen molar-refractivity contribution in [3.63, 3.8) is 0 Å². The van der Waals surface area contributed by atoms with Crippen LogP contribution in [0.3, 0.4) is 0 Å². The van der Waals surface area contributed by atoms with Gasteiger partial charge in [-0.15, -0.1) is 22.7 Å². The highest BCUT2D eigenvalue weighted by Gasteiger charge is 2.25. The third-order valence-corrected chi connectivity index (χ3v) is 11.3. The Kier molecular flexibility index (Phi) is 7.72. The number of thiazole rings is 1. The largest absolute Gasteiger partial charge is 0.351 e. The first-order valence-electron chi connectivity index (χ1n) is 12.4. The molecule has 9 heteroatoms. The Morgan fingerprint density at radius 3 is 2.58 bits per heavy atom. The molecule has 0 saturated carbocycles. The predicted molar refractivity (Wildman–Crippen MR) is 160 cm³/mol. The maximum absolute atomic E-state index is 13.1. The van der Waals surface area contributed by atoms with E-state index in [-0.39, 0.29) is 7.43 Å². The molecule has 6 rings (SSSR count). The fourth-order valence-corrected chi connectivity index (χ4v) is 8.36. The number of piperidine rings is 1. The molecule has 2 aromatic carbocycles. The summed E-state index contributed by atoms with van der Waals surface area (Å²) in [5.74, 6) is 0.650. The number of hydrogen-bond acceptors (Lipinski definition) is 6. The lowest BCUT2D eigenvalue weighted by Crippen LogP contribution is -2.32. The molecule has 0 amide bonds. The molecule has 0 aliphatic carbocycles. The van der Waals surface area contributed by atoms with Gasteiger partial charge in [0.2, 0.25) is 0 Å². The topological polar surface area (TPSA) is 69.3 Å². The molecule has 1 aliphatic heterocycles. The number of nitrogens with one attached hydrogen (secondary N) is 1. The quantitative estimate of drug-likeness (QED) is 0.227. The van der Waals surface area contributed by atoms with E-state index in [2.05, 4.69) is 46.3 Å². The Balaban J connectivity index is 0.00000294. The van der Waals surface area contributed by atoms with Crippen LogP contribution in [0.25, 0.3) is 21.6 Å². The summed E-state index contributed by atoms with van der Waals surface area (Å²) in [5.41, 5.74) is 3.77. The van der Waals surface area contributed by atoms with Crippen molar-refractivity contribution in [3.8, 4) is 10.7 Å². The number of nitrogens with zero attached hydrogens (tertiary/aromatic N) is 3. The highest BCUT2D eigenvalue weighted by molar-refractivity contribution is 7.94. The molecule has 1 N–H and O–H groups in total. The van der Waals surface area contributed by atoms with Gasteiger partial charge in [-0.2, -0.15) is 0 Å². The van der Waals surface area contributed by atoms with E-state index in [0.717, 1.165) is 41.2 Å². The van der Waals surface area contributed by atoms with Gasteiger partial charge in [0, 0.05) is 30.1 Å². The second-order valence-corrected chi connectivity index (χ2v) is 13.7. The Morgan fingerprint density at radius 2 is 1.84 bits per heavy atom. The van der Waals surface area contributed by atoms with Crippen molar-refractivity contribution in [1.82, 2.24) is 14.9 Å². The van der Waals surface area contributed by atoms with E-state index < -0.39 is 10.0 Å². The number of rotatable bonds is 7. The van der Waals surface area contributed by atoms with E-state index in [1.165, 1.54) is 38.9 Å². The van der Waals surface area contributed by atoms with Crippen LogP contribution in [0.4, 0.5) is 5.69 Å². The van der Waals surface area contributed by atoms with E-state index in [9.17, 15) is 8.42 Å². The van der Waals surface area contributed by atoms with Gasteiger partial charge in [-0.05, 0) is 61.0 Å². The van der Waals surface area contributed by atoms with Crippen LogP contribution in [-0.4, -0.2) is 43.4 Å². The van der Waals surface area contributed by atoms with Gasteiger partial charge in [0.05, 0.1) is 16.9 Å². The molecule has 38 heavy (non-hydrogen) atoms. The van der Waals surface area contributed by atoms with E-state index >= 15 is 0 Å². The summed E-state index contributed by atoms with van der Waals surface area (Å²) in [4.78, 5) is 11.9. The lowest BCUT2D eigenvalue weighted by atomic mass is 9.89. The molecule has 0 atom stereocenters. The third-order valence-electron chi connectivity index (χ3n) is 7.11. The van der Waals surface area contributed by atoms with Gasteiger partial charge in [0.25, 0.3) is 10.0 Å². The number of aromatic amines is 1. The molecule has 0 bridgehead atoms. The zero-order valence-electron chi connectivity index (χ0n) is 20.5. The van der Waals surface area contributed by atoms with Crippen molar-refractivity contribution in [2.24, 2.45) is 0 Å². The van der Waals surface area contributed by atoms with Crippen LogP contribution in [0.1, 0.15) is 36.6 Å². The first kappa shape index (κ1) is 26.6. The molecule has 6 nitrogen and oxygen atoms in total. The summed E-state index contributed by atoms with van der Waals surface area (Å²) < 4.78 is 27.9. The van der Waals surface area contributed by atoms with Gasteiger partial charge in [-0.25, -0.2) is 13.4 Å². The SMILES string of the molecule is C.CN(c1cccc2cc(-c3ncc(CN4CCC(c5ccccc5)CC4)s3)[nH]c12)S(=O)(=O)c1cccs1. The van der Waals surface area contributed by atoms with Crippen molar-refractivity contribution >= 4 is 49.3 Å². The van der Waals surface area contributed by atoms with Crippen molar-refractivity contribution in [2.75, 3.05) is 24.4 Å². The number of aromatic nitrogens is 2. The average molecular weight is 565 g/mol. The van der Waals surface area contributed by atoms with Crippen LogP contribution in [0.15, 0.2) is 82.5 Å². The number of thiophene rings is 1. The third kappa shape index (κ3) is 5.16. The van der Waals surface area contributed by atoms with Crippen molar-refractivity contribution in [2.45, 2.75) is 36.9 Å². The fourth-order valence-electron chi connectivity index (χ4n) is 5.07. The first-order valence-corrected chi connectivity index (χ1v) is 15.5. The van der Waals surface area contributed by atoms with Crippen molar-refractivity contribution in [1.29, 1.82) is 0 Å². The Morgan fingerprint density at radius 1 is 1.05 bits per heavy atom. The normalized spacial score (nSPS) is 15.0. The highest BCUT2D eigenvalue weighted by atomic mass is 32.2. The minimum Gasteiger partial charge on any atom is -0.351 e. The zero-order valence-corrected chi connectivity index (χ0v) is 23.0. The Labute approximate surface area is 232 Å². The lowest BCUT2D eigenvalue weighted by molar-refractivity contribution is 0.206. The Hall–Kier alpha value is -2.98. The van der Waals surface area contributed by atoms with Crippen LogP contribution < -0.4 is 4.31 Å². The zero-order chi connectivity index (χ0) is 25.4. The smallest absolute Gasteiger partial charge is 0.273 e. The molecular weight excluding hydrogens is 533 g/mol. The van der Waals surface area contributed by atoms with Gasteiger partial charge in [0.15, 0.2) is 0 Å². The maximum atomic E-state index is 13.1. The van der Waals surface area contributed by atoms with Gasteiger partial charge in [0.1, 0.15) is 9.22 Å². The molecule has 4 heterocycles. The fraction of sp³-hybridized carbons (Fsp3) is 0.276. The average Bonchev–Trinajstić information content (AvgIpc) is 3.70. The standard InChI is InChI=1S/C28H28N4O2S3.CH4/c1-31(37(33,34)26-11-6-16-35-26)25-10-5-9-22-17-24(30-27(22)25)28-29-18-23(36-28)19-32-14-12-21(13-15-32)20-7-3-2-4-8-20;/h2-11,16-18,21,30H,12-15,19H2,1H3;1H4. The van der Waals surface area contributed by atoms with E-state index in [1.807, 2.05) is 24.4 Å². The minimum atomic E-state index is -3.62. The number of para-hydroxylation sites is 1. The van der Waals surface area contributed by atoms with Crippen LogP contribution in [0.5, 0.6) is 0 Å². The van der Waals surface area contributed by atoms with Gasteiger partial charge in [-0.3, -0.25) is 9.21 Å². The van der Waals surface area contributed by atoms with Crippen molar-refractivity contribution < 1.29 is 8.42 Å². The number of sulfonamides is 1. The molecule has 5 aromatic rings. The molecule has 1 aliphatic rings. The minimum absolute atomic E-state index is 0. The van der Waals surface area contributed by atoms with E-state index in [4.69, 9.17) is 4.98 Å². The van der Waals surface area contributed by atoms with Gasteiger partial charge in [-0.1, -0.05) is 56.0 Å². The number of H-pyrrole nitrogens is 1. The van der Waals surface area contributed by atoms with E-state index in [0.29, 0.717) is 15.8 Å². The summed E-state index contributed by atoms with van der Waals surface area (Å²) in [6.45, 7) is 3.09. The molecule has 1 saturated heterocycles. The van der Waals surface area contributed by atoms with Crippen LogP contribution in [0, 0.1) is 0 Å². The molecule has 198 valence electrons. The molecular formula is C29H32N4O2S3. The number of hydrogen-bond donors (Lipinski definition) is 1. The van der Waals surface area contributed by atoms with Crippen molar-refractivity contribution in [3.05, 3.63) is 88.7 Å². The number of anilines is 1. The van der Waals surface area contributed by atoms with Crippen LogP contribution in [-0.2, 0) is 16.6 Å². The van der Waals surface area contributed by atoms with Gasteiger partial charge < -0.3 is 4.98 Å². The first-order chi connectivity index (χ1) is 18.0. The number of fused-ring (bicyclic) bond motifs is 1. The Bertz CT molecular complexity index is 1600. The molecule has 1 fully saturated rings. The lowest BCUT2D eigenvalue weighted by Gasteiger charge is -2.31. The summed E-state index contributed by atoms with van der Waals surface area (Å²) in [7, 11) is -2.01. The van der Waals surface area contributed by atoms with E-state index in [1.54, 1.807) is 35.9 Å². The number of benzene rings is 2. The summed E-state index contributed by atoms with van der Waals surface area (Å²) >= 11 is 2.92. The summed E-state index contributed by atoms with van der Waals surface area (Å²) in [6.07, 6.45) is 4.34. The second kappa shape index (κ2) is 11.0. The van der Waals surface area contributed by atoms with Crippen LogP contribution in [0.2, 0.25) is 0 Å². The highest BCUT2D eigenvalue weighted by Crippen LogP contribution is 2.35. The number of likely N-dealkylation sites (tertiary alicyclic amines) is 1. The monoisotopic (exact) mass is 564 g/mol. The molecule has 0 unspecified atom stereocenters. The summed E-state index contributed by atoms with van der Waals surface area (Å²) in [5, 5.41) is 3.65. The molecule has 0 radical (unpaired) electrons. The molecule has 0 spiro atoms. The second-order valence-electron chi connectivity index (χ2n) is 9.42. The predicted octanol–water partition coefficient (Wildman–Crippen LogP) is 7.19. The maximum Gasteiger partial charge on any atom is 0.273 e. The molecule has 3 aromatic heterocycles. The van der Waals surface area contributed by atoms with Gasteiger partial charge >= 0.3 is 0 Å². The summed E-state index contributed by atoms with van der Waals surface area (Å²) in [6, 6.07) is 22.0.